The highest BCUT2D eigenvalue weighted by molar-refractivity contribution is 6.42. The summed E-state index contributed by atoms with van der Waals surface area (Å²) in [6.45, 7) is 0. The number of nitrogens with zero attached hydrogens (tertiary/aromatic N) is 3. The summed E-state index contributed by atoms with van der Waals surface area (Å²) >= 11 is 11.7. The third-order valence-electron chi connectivity index (χ3n) is 1.61. The molecular formula is C9H5Cl2N3O. The van der Waals surface area contributed by atoms with E-state index in [1.165, 1.54) is 6.20 Å². The van der Waals surface area contributed by atoms with Crippen molar-refractivity contribution >= 4 is 23.2 Å². The summed E-state index contributed by atoms with van der Waals surface area (Å²) in [6.07, 6.45) is 1.47. The quantitative estimate of drug-likeness (QED) is 0.812. The lowest BCUT2D eigenvalue weighted by Crippen LogP contribution is -1.91. The third kappa shape index (κ3) is 2.34. The first kappa shape index (κ1) is 10.1. The molecule has 0 aliphatic rings. The largest absolute Gasteiger partial charge is 0.436 e. The predicted octanol–water partition coefficient (Wildman–Crippen LogP) is 2.97. The fraction of sp³-hybridized carbons (Fsp3) is 0. The number of halogens is 2. The fourth-order valence-electron chi connectivity index (χ4n) is 0.960. The molecule has 1 aromatic heterocycles. The summed E-state index contributed by atoms with van der Waals surface area (Å²) in [6, 6.07) is 6.67. The highest BCUT2D eigenvalue weighted by Gasteiger charge is 2.06. The van der Waals surface area contributed by atoms with E-state index in [1.807, 2.05) is 0 Å². The second-order valence-electron chi connectivity index (χ2n) is 2.61. The Hall–Kier alpha value is -1.39. The van der Waals surface area contributed by atoms with Crippen LogP contribution in [0.4, 0.5) is 0 Å². The van der Waals surface area contributed by atoms with Crippen molar-refractivity contribution in [3.05, 3.63) is 40.5 Å². The van der Waals surface area contributed by atoms with Crippen LogP contribution in [-0.4, -0.2) is 15.4 Å². The predicted molar refractivity (Wildman–Crippen MR) is 56.4 cm³/mol. The van der Waals surface area contributed by atoms with E-state index < -0.39 is 0 Å². The smallest absolute Gasteiger partial charge is 0.242 e. The Balaban J connectivity index is 2.29. The SMILES string of the molecule is Clc1cccc(Oc2ccnnn2)c1Cl. The number of ether oxygens (including phenoxy) is 1. The van der Waals surface area contributed by atoms with Crippen LogP contribution in [0.2, 0.25) is 10.0 Å². The Labute approximate surface area is 95.8 Å². The Bertz CT molecular complexity index is 464. The van der Waals surface area contributed by atoms with Crippen molar-refractivity contribution in [2.75, 3.05) is 0 Å². The summed E-state index contributed by atoms with van der Waals surface area (Å²) in [5.74, 6) is 0.749. The van der Waals surface area contributed by atoms with Crippen LogP contribution in [0.5, 0.6) is 11.6 Å². The topological polar surface area (TPSA) is 47.9 Å². The molecule has 0 N–H and O–H groups in total. The van der Waals surface area contributed by atoms with E-state index in [9.17, 15) is 0 Å². The molecule has 0 spiro atoms. The van der Waals surface area contributed by atoms with E-state index in [4.69, 9.17) is 27.9 Å². The van der Waals surface area contributed by atoms with Crippen molar-refractivity contribution in [1.82, 2.24) is 15.4 Å². The van der Waals surface area contributed by atoms with Gasteiger partial charge in [-0.15, -0.1) is 5.10 Å². The van der Waals surface area contributed by atoms with E-state index in [-0.39, 0.29) is 0 Å². The summed E-state index contributed by atoms with van der Waals surface area (Å²) in [5.41, 5.74) is 0. The molecule has 76 valence electrons. The minimum atomic E-state index is 0.314. The minimum absolute atomic E-state index is 0.314. The van der Waals surface area contributed by atoms with E-state index in [1.54, 1.807) is 24.3 Å². The Kier molecular flexibility index (Phi) is 2.99. The van der Waals surface area contributed by atoms with Crippen LogP contribution in [0.1, 0.15) is 0 Å². The minimum Gasteiger partial charge on any atom is -0.436 e. The van der Waals surface area contributed by atoms with Crippen LogP contribution < -0.4 is 4.74 Å². The second kappa shape index (κ2) is 4.42. The van der Waals surface area contributed by atoms with Crippen molar-refractivity contribution in [2.45, 2.75) is 0 Å². The number of benzene rings is 1. The maximum atomic E-state index is 5.92. The van der Waals surface area contributed by atoms with Crippen molar-refractivity contribution in [3.8, 4) is 11.6 Å². The molecule has 0 unspecified atom stereocenters. The average molecular weight is 242 g/mol. The molecule has 0 fully saturated rings. The first-order valence-corrected chi connectivity index (χ1v) is 4.79. The third-order valence-corrected chi connectivity index (χ3v) is 2.41. The molecule has 0 bridgehead atoms. The van der Waals surface area contributed by atoms with E-state index in [2.05, 4.69) is 15.4 Å². The van der Waals surface area contributed by atoms with Crippen molar-refractivity contribution in [2.24, 2.45) is 0 Å². The molecule has 0 saturated carbocycles. The average Bonchev–Trinajstić information content (AvgIpc) is 2.26. The van der Waals surface area contributed by atoms with Crippen LogP contribution in [0, 0.1) is 0 Å². The van der Waals surface area contributed by atoms with Gasteiger partial charge in [-0.25, -0.2) is 0 Å². The zero-order valence-corrected chi connectivity index (χ0v) is 8.90. The molecule has 2 rings (SSSR count). The molecule has 0 aliphatic carbocycles. The zero-order valence-electron chi connectivity index (χ0n) is 7.39. The molecule has 0 radical (unpaired) electrons. The Morgan fingerprint density at radius 3 is 2.73 bits per heavy atom. The lowest BCUT2D eigenvalue weighted by Gasteiger charge is -2.05. The highest BCUT2D eigenvalue weighted by atomic mass is 35.5. The molecule has 6 heteroatoms. The van der Waals surface area contributed by atoms with Crippen molar-refractivity contribution in [1.29, 1.82) is 0 Å². The summed E-state index contributed by atoms with van der Waals surface area (Å²) in [4.78, 5) is 0. The molecule has 4 nitrogen and oxygen atoms in total. The van der Waals surface area contributed by atoms with Crippen LogP contribution >= 0.6 is 23.2 Å². The molecule has 0 atom stereocenters. The van der Waals surface area contributed by atoms with Gasteiger partial charge in [0.1, 0.15) is 10.8 Å². The monoisotopic (exact) mass is 241 g/mol. The number of aromatic nitrogens is 3. The second-order valence-corrected chi connectivity index (χ2v) is 3.40. The molecule has 15 heavy (non-hydrogen) atoms. The lowest BCUT2D eigenvalue weighted by molar-refractivity contribution is 0.450. The fourth-order valence-corrected chi connectivity index (χ4v) is 1.29. The van der Waals surface area contributed by atoms with Gasteiger partial charge in [-0.1, -0.05) is 34.4 Å². The Morgan fingerprint density at radius 2 is 2.00 bits per heavy atom. The number of rotatable bonds is 2. The molecule has 0 amide bonds. The summed E-state index contributed by atoms with van der Waals surface area (Å²) in [7, 11) is 0. The molecule has 2 aromatic rings. The maximum absolute atomic E-state index is 5.92. The van der Waals surface area contributed by atoms with E-state index in [0.29, 0.717) is 21.7 Å². The van der Waals surface area contributed by atoms with Crippen LogP contribution in [-0.2, 0) is 0 Å². The number of hydrogen-bond acceptors (Lipinski definition) is 4. The van der Waals surface area contributed by atoms with Crippen LogP contribution in [0.15, 0.2) is 30.5 Å². The molecule has 0 saturated heterocycles. The standard InChI is InChI=1S/C9H5Cl2N3O/c10-6-2-1-3-7(9(6)11)15-8-4-5-12-14-13-8/h1-5H. The van der Waals surface area contributed by atoms with Gasteiger partial charge in [0.15, 0.2) is 0 Å². The van der Waals surface area contributed by atoms with Gasteiger partial charge >= 0.3 is 0 Å². The van der Waals surface area contributed by atoms with Crippen LogP contribution in [0.3, 0.4) is 0 Å². The van der Waals surface area contributed by atoms with Gasteiger partial charge in [-0.2, -0.15) is 0 Å². The van der Waals surface area contributed by atoms with Crippen molar-refractivity contribution < 1.29 is 4.74 Å². The maximum Gasteiger partial charge on any atom is 0.242 e. The summed E-state index contributed by atoms with van der Waals surface area (Å²) < 4.78 is 5.36. The molecule has 1 heterocycles. The zero-order chi connectivity index (χ0) is 10.7. The Morgan fingerprint density at radius 1 is 1.13 bits per heavy atom. The van der Waals surface area contributed by atoms with Gasteiger partial charge in [0.2, 0.25) is 5.88 Å². The van der Waals surface area contributed by atoms with Gasteiger partial charge < -0.3 is 4.74 Å². The summed E-state index contributed by atoms with van der Waals surface area (Å²) in [5, 5.41) is 11.4. The van der Waals surface area contributed by atoms with Gasteiger partial charge in [0, 0.05) is 6.07 Å². The van der Waals surface area contributed by atoms with Gasteiger partial charge in [-0.05, 0) is 17.3 Å². The van der Waals surface area contributed by atoms with E-state index >= 15 is 0 Å². The molecule has 0 aliphatic heterocycles. The van der Waals surface area contributed by atoms with Crippen LogP contribution in [0.25, 0.3) is 0 Å². The van der Waals surface area contributed by atoms with Crippen molar-refractivity contribution in [3.63, 3.8) is 0 Å². The van der Waals surface area contributed by atoms with Gasteiger partial charge in [0.05, 0.1) is 11.2 Å². The first-order chi connectivity index (χ1) is 7.27. The highest BCUT2D eigenvalue weighted by Crippen LogP contribution is 2.33. The van der Waals surface area contributed by atoms with Gasteiger partial charge in [-0.3, -0.25) is 0 Å². The first-order valence-electron chi connectivity index (χ1n) is 4.03. The number of hydrogen-bond donors (Lipinski definition) is 0. The normalized spacial score (nSPS) is 10.0. The lowest BCUT2D eigenvalue weighted by atomic mass is 10.3. The molecule has 1 aromatic carbocycles. The molecular weight excluding hydrogens is 237 g/mol. The van der Waals surface area contributed by atoms with Gasteiger partial charge in [0.25, 0.3) is 0 Å². The van der Waals surface area contributed by atoms with E-state index in [0.717, 1.165) is 0 Å².